The highest BCUT2D eigenvalue weighted by atomic mass is 16.6. The average molecular weight is 246 g/mol. The van der Waals surface area contributed by atoms with Gasteiger partial charge in [0.05, 0.1) is 0 Å². The van der Waals surface area contributed by atoms with Crippen LogP contribution in [-0.2, 0) is 9.53 Å². The van der Waals surface area contributed by atoms with Gasteiger partial charge in [-0.25, -0.2) is 0 Å². The number of ether oxygens (including phenoxy) is 1. The zero-order chi connectivity index (χ0) is 13.4. The van der Waals surface area contributed by atoms with Gasteiger partial charge >= 0.3 is 5.97 Å². The molecule has 18 heavy (non-hydrogen) atoms. The maximum atomic E-state index is 12.5. The lowest BCUT2D eigenvalue weighted by Crippen LogP contribution is -2.23. The van der Waals surface area contributed by atoms with Crippen molar-refractivity contribution in [2.45, 2.75) is 46.6 Å². The van der Waals surface area contributed by atoms with Crippen molar-refractivity contribution in [1.29, 1.82) is 0 Å². The van der Waals surface area contributed by atoms with Crippen LogP contribution in [-0.4, -0.2) is 17.9 Å². The molecule has 1 fully saturated rings. The van der Waals surface area contributed by atoms with E-state index in [4.69, 9.17) is 4.74 Å². The summed E-state index contributed by atoms with van der Waals surface area (Å²) in [6, 6.07) is 2.09. The zero-order valence-corrected chi connectivity index (χ0v) is 11.3. The minimum atomic E-state index is -0.587. The molecule has 96 valence electrons. The quantitative estimate of drug-likeness (QED) is 0.595. The van der Waals surface area contributed by atoms with Gasteiger partial charge < -0.3 is 4.74 Å². The van der Waals surface area contributed by atoms with Crippen molar-refractivity contribution in [2.75, 3.05) is 0 Å². The minimum absolute atomic E-state index is 0.0531. The van der Waals surface area contributed by atoms with E-state index in [-0.39, 0.29) is 11.8 Å². The molecule has 0 amide bonds. The van der Waals surface area contributed by atoms with Crippen molar-refractivity contribution >= 4 is 11.8 Å². The van der Waals surface area contributed by atoms with Gasteiger partial charge in [-0.3, -0.25) is 9.59 Å². The smallest absolute Gasteiger partial charge is 0.306 e. The fourth-order valence-electron chi connectivity index (χ4n) is 2.46. The molecule has 1 aliphatic rings. The normalized spacial score (nSPS) is 18.9. The van der Waals surface area contributed by atoms with Crippen LogP contribution in [0.25, 0.3) is 0 Å². The summed E-state index contributed by atoms with van der Waals surface area (Å²) in [5.74, 6) is -0.323. The van der Waals surface area contributed by atoms with Crippen LogP contribution in [0.2, 0.25) is 0 Å². The molecule has 1 atom stereocenters. The maximum absolute atomic E-state index is 12.5. The van der Waals surface area contributed by atoms with Crippen molar-refractivity contribution in [3.63, 3.8) is 0 Å². The molecule has 1 aliphatic heterocycles. The number of hydrogen-bond donors (Lipinski definition) is 0. The summed E-state index contributed by atoms with van der Waals surface area (Å²) in [6.45, 7) is 7.90. The molecule has 1 aromatic carbocycles. The van der Waals surface area contributed by atoms with E-state index in [1.54, 1.807) is 0 Å². The van der Waals surface area contributed by atoms with E-state index in [2.05, 4.69) is 6.07 Å². The molecule has 1 heterocycles. The Hall–Kier alpha value is -1.64. The summed E-state index contributed by atoms with van der Waals surface area (Å²) in [4.78, 5) is 23.6. The molecule has 0 bridgehead atoms. The third kappa shape index (κ3) is 2.05. The maximum Gasteiger partial charge on any atom is 0.306 e. The van der Waals surface area contributed by atoms with Gasteiger partial charge in [0, 0.05) is 18.4 Å². The fourth-order valence-corrected chi connectivity index (χ4v) is 2.46. The van der Waals surface area contributed by atoms with Gasteiger partial charge in [-0.05, 0) is 49.9 Å². The molecule has 2 rings (SSSR count). The van der Waals surface area contributed by atoms with E-state index in [1.165, 1.54) is 0 Å². The highest BCUT2D eigenvalue weighted by molar-refractivity contribution is 6.04. The molecule has 0 saturated carbocycles. The van der Waals surface area contributed by atoms with Gasteiger partial charge in [0.2, 0.25) is 5.78 Å². The van der Waals surface area contributed by atoms with Gasteiger partial charge in [0.1, 0.15) is 0 Å². The number of Topliss-reactive ketones (excluding diaryl/α,β-unsaturated/α-hetero) is 1. The molecule has 0 aromatic heterocycles. The number of cyclic esters (lactones) is 1. The molecule has 0 radical (unpaired) electrons. The topological polar surface area (TPSA) is 43.4 Å². The summed E-state index contributed by atoms with van der Waals surface area (Å²) in [5.41, 5.74) is 4.92. The second-order valence-corrected chi connectivity index (χ2v) is 5.02. The Morgan fingerprint density at radius 3 is 2.17 bits per heavy atom. The standard InChI is InChI=1S/C15H18O3/c1-8-7-9(2)11(4)14(10(8)3)15(17)12-5-6-13(16)18-12/h7,12H,5-6H2,1-4H3. The SMILES string of the molecule is Cc1cc(C)c(C)c(C(=O)C2CCC(=O)O2)c1C. The number of esters is 1. The second-order valence-electron chi connectivity index (χ2n) is 5.02. The Morgan fingerprint density at radius 1 is 1.17 bits per heavy atom. The average Bonchev–Trinajstić information content (AvgIpc) is 2.73. The predicted octanol–water partition coefficient (Wildman–Crippen LogP) is 2.81. The highest BCUT2D eigenvalue weighted by Gasteiger charge is 2.32. The summed E-state index contributed by atoms with van der Waals surface area (Å²) in [6.07, 6.45) is 0.263. The number of benzene rings is 1. The van der Waals surface area contributed by atoms with E-state index in [0.717, 1.165) is 27.8 Å². The molecule has 0 spiro atoms. The third-order valence-corrected chi connectivity index (χ3v) is 3.79. The second kappa shape index (κ2) is 4.56. The van der Waals surface area contributed by atoms with Crippen molar-refractivity contribution in [2.24, 2.45) is 0 Å². The Morgan fingerprint density at radius 2 is 1.72 bits per heavy atom. The van der Waals surface area contributed by atoms with Gasteiger partial charge in [0.25, 0.3) is 0 Å². The lowest BCUT2D eigenvalue weighted by molar-refractivity contribution is -0.140. The molecule has 3 nitrogen and oxygen atoms in total. The van der Waals surface area contributed by atoms with Crippen LogP contribution in [0.4, 0.5) is 0 Å². The monoisotopic (exact) mass is 246 g/mol. The van der Waals surface area contributed by atoms with Crippen LogP contribution in [0.15, 0.2) is 6.07 Å². The Kier molecular flexibility index (Phi) is 3.24. The molecule has 3 heteroatoms. The van der Waals surface area contributed by atoms with E-state index < -0.39 is 6.10 Å². The van der Waals surface area contributed by atoms with Crippen LogP contribution in [0.3, 0.4) is 0 Å². The predicted molar refractivity (Wildman–Crippen MR) is 68.8 cm³/mol. The van der Waals surface area contributed by atoms with E-state index in [9.17, 15) is 9.59 Å². The number of aryl methyl sites for hydroxylation is 2. The number of hydrogen-bond acceptors (Lipinski definition) is 3. The summed E-state index contributed by atoms with van der Waals surface area (Å²) in [5, 5.41) is 0. The Balaban J connectivity index is 2.44. The Labute approximate surface area is 107 Å². The number of rotatable bonds is 2. The van der Waals surface area contributed by atoms with Crippen molar-refractivity contribution in [1.82, 2.24) is 0 Å². The van der Waals surface area contributed by atoms with Crippen molar-refractivity contribution in [3.8, 4) is 0 Å². The summed E-state index contributed by atoms with van der Waals surface area (Å²) < 4.78 is 5.08. The lowest BCUT2D eigenvalue weighted by atomic mass is 9.89. The molecule has 0 aliphatic carbocycles. The molecular formula is C15H18O3. The van der Waals surface area contributed by atoms with Crippen LogP contribution < -0.4 is 0 Å². The summed E-state index contributed by atoms with van der Waals surface area (Å²) >= 11 is 0. The minimum Gasteiger partial charge on any atom is -0.454 e. The van der Waals surface area contributed by atoms with Crippen LogP contribution in [0.1, 0.15) is 45.5 Å². The number of carbonyl (C=O) groups excluding carboxylic acids is 2. The van der Waals surface area contributed by atoms with Gasteiger partial charge in [-0.15, -0.1) is 0 Å². The van der Waals surface area contributed by atoms with E-state index >= 15 is 0 Å². The first-order chi connectivity index (χ1) is 8.41. The third-order valence-electron chi connectivity index (χ3n) is 3.79. The molecule has 1 aromatic rings. The van der Waals surface area contributed by atoms with Crippen LogP contribution in [0, 0.1) is 27.7 Å². The first-order valence-electron chi connectivity index (χ1n) is 6.23. The number of carbonyl (C=O) groups is 2. The number of ketones is 1. The molecular weight excluding hydrogens is 228 g/mol. The van der Waals surface area contributed by atoms with Crippen LogP contribution in [0.5, 0.6) is 0 Å². The summed E-state index contributed by atoms with van der Waals surface area (Å²) in [7, 11) is 0. The first-order valence-corrected chi connectivity index (χ1v) is 6.23. The Bertz CT molecular complexity index is 503. The lowest BCUT2D eigenvalue weighted by Gasteiger charge is -2.16. The zero-order valence-electron chi connectivity index (χ0n) is 11.3. The largest absolute Gasteiger partial charge is 0.454 e. The van der Waals surface area contributed by atoms with Gasteiger partial charge in [-0.1, -0.05) is 6.07 Å². The molecule has 1 unspecified atom stereocenters. The fraction of sp³-hybridized carbons (Fsp3) is 0.467. The van der Waals surface area contributed by atoms with Gasteiger partial charge in [0.15, 0.2) is 6.10 Å². The van der Waals surface area contributed by atoms with Crippen LogP contribution >= 0.6 is 0 Å². The highest BCUT2D eigenvalue weighted by Crippen LogP contribution is 2.26. The first kappa shape index (κ1) is 12.8. The van der Waals surface area contributed by atoms with Gasteiger partial charge in [-0.2, -0.15) is 0 Å². The van der Waals surface area contributed by atoms with E-state index in [1.807, 2.05) is 27.7 Å². The molecule has 0 N–H and O–H groups in total. The van der Waals surface area contributed by atoms with E-state index in [0.29, 0.717) is 12.8 Å². The van der Waals surface area contributed by atoms with Crippen molar-refractivity contribution in [3.05, 3.63) is 33.9 Å². The molecule has 1 saturated heterocycles. The van der Waals surface area contributed by atoms with Crippen molar-refractivity contribution < 1.29 is 14.3 Å².